The Morgan fingerprint density at radius 2 is 1.95 bits per heavy atom. The minimum absolute atomic E-state index is 0.0794. The summed E-state index contributed by atoms with van der Waals surface area (Å²) >= 11 is 2.21. The van der Waals surface area contributed by atoms with Gasteiger partial charge in [-0.3, -0.25) is 0 Å². The van der Waals surface area contributed by atoms with E-state index in [0.717, 1.165) is 22.0 Å². The number of ether oxygens (including phenoxy) is 2. The number of nitrogens with zero attached hydrogens (tertiary/aromatic N) is 1. The molecule has 2 rings (SSSR count). The van der Waals surface area contributed by atoms with Crippen LogP contribution < -0.4 is 4.74 Å². The van der Waals surface area contributed by atoms with Crippen molar-refractivity contribution in [1.82, 2.24) is 4.98 Å². The van der Waals surface area contributed by atoms with E-state index >= 15 is 0 Å². The van der Waals surface area contributed by atoms with Crippen LogP contribution in [0.15, 0.2) is 42.6 Å². The van der Waals surface area contributed by atoms with Crippen LogP contribution in [0.25, 0.3) is 0 Å². The maximum absolute atomic E-state index is 11.5. The number of rotatable bonds is 6. The maximum atomic E-state index is 11.5. The number of aromatic nitrogens is 1. The Bertz CT molecular complexity index is 611. The lowest BCUT2D eigenvalue weighted by atomic mass is 10.0. The summed E-state index contributed by atoms with van der Waals surface area (Å²) in [5, 5.41) is 0. The van der Waals surface area contributed by atoms with Gasteiger partial charge in [-0.2, -0.15) is 0 Å². The van der Waals surface area contributed by atoms with E-state index < -0.39 is 0 Å². The number of benzene rings is 1. The molecular weight excluding hydrogens is 393 g/mol. The molecule has 0 amide bonds. The Morgan fingerprint density at radius 1 is 1.23 bits per heavy atom. The third-order valence-corrected chi connectivity index (χ3v) is 3.86. The fraction of sp³-hybridized carbons (Fsp3) is 0.294. The van der Waals surface area contributed by atoms with E-state index in [1.54, 1.807) is 18.3 Å². The molecule has 0 aliphatic rings. The molecule has 0 spiro atoms. The van der Waals surface area contributed by atoms with Crippen molar-refractivity contribution >= 4 is 28.6 Å². The second kappa shape index (κ2) is 8.12. The molecule has 1 heterocycles. The molecule has 1 aromatic heterocycles. The van der Waals surface area contributed by atoms with E-state index in [-0.39, 0.29) is 12.1 Å². The normalized spacial score (nSPS) is 11.8. The van der Waals surface area contributed by atoms with E-state index in [1.807, 2.05) is 24.3 Å². The van der Waals surface area contributed by atoms with Gasteiger partial charge < -0.3 is 9.47 Å². The zero-order chi connectivity index (χ0) is 15.9. The van der Waals surface area contributed by atoms with Crippen molar-refractivity contribution in [2.75, 3.05) is 7.11 Å². The van der Waals surface area contributed by atoms with Gasteiger partial charge in [0.05, 0.1) is 12.7 Å². The van der Waals surface area contributed by atoms with E-state index in [1.165, 1.54) is 7.11 Å². The number of carbonyl (C=O) groups is 1. The van der Waals surface area contributed by atoms with Crippen molar-refractivity contribution in [2.45, 2.75) is 25.9 Å². The van der Waals surface area contributed by atoms with Crippen LogP contribution in [-0.2, 0) is 4.74 Å². The molecule has 0 saturated heterocycles. The Labute approximate surface area is 144 Å². The highest BCUT2D eigenvalue weighted by Crippen LogP contribution is 2.25. The lowest BCUT2D eigenvalue weighted by molar-refractivity contribution is 0.0600. The van der Waals surface area contributed by atoms with Gasteiger partial charge in [-0.1, -0.05) is 25.5 Å². The van der Waals surface area contributed by atoms with E-state index in [4.69, 9.17) is 9.47 Å². The number of halogens is 1. The molecule has 0 fully saturated rings. The summed E-state index contributed by atoms with van der Waals surface area (Å²) in [4.78, 5) is 15.8. The zero-order valence-corrected chi connectivity index (χ0v) is 14.7. The molecule has 0 aliphatic carbocycles. The Balaban J connectivity index is 2.16. The van der Waals surface area contributed by atoms with Crippen LogP contribution >= 0.6 is 22.6 Å². The van der Waals surface area contributed by atoms with Gasteiger partial charge in [0.2, 0.25) is 5.88 Å². The smallest absolute Gasteiger partial charge is 0.337 e. The average Bonchev–Trinajstić information content (AvgIpc) is 2.56. The van der Waals surface area contributed by atoms with Gasteiger partial charge in [0.15, 0.2) is 0 Å². The summed E-state index contributed by atoms with van der Waals surface area (Å²) in [5.74, 6) is 0.273. The molecule has 0 bridgehead atoms. The summed E-state index contributed by atoms with van der Waals surface area (Å²) in [6, 6.07) is 11.2. The topological polar surface area (TPSA) is 48.4 Å². The number of hydrogen-bond acceptors (Lipinski definition) is 4. The third-order valence-electron chi connectivity index (χ3n) is 3.22. The first-order valence-electron chi connectivity index (χ1n) is 7.10. The molecule has 2 aromatic rings. The summed E-state index contributed by atoms with van der Waals surface area (Å²) in [6.45, 7) is 2.11. The number of carbonyl (C=O) groups excluding carboxylic acids is 1. The van der Waals surface area contributed by atoms with Crippen LogP contribution in [0.3, 0.4) is 0 Å². The quantitative estimate of drug-likeness (QED) is 0.523. The van der Waals surface area contributed by atoms with E-state index in [9.17, 15) is 4.79 Å². The molecule has 4 nitrogen and oxygen atoms in total. The molecule has 116 valence electrons. The zero-order valence-electron chi connectivity index (χ0n) is 12.6. The van der Waals surface area contributed by atoms with Crippen molar-refractivity contribution in [3.05, 3.63) is 57.3 Å². The fourth-order valence-corrected chi connectivity index (χ4v) is 2.40. The Kier molecular flexibility index (Phi) is 6.18. The van der Waals surface area contributed by atoms with E-state index in [2.05, 4.69) is 34.5 Å². The second-order valence-corrected chi connectivity index (χ2v) is 6.07. The van der Waals surface area contributed by atoms with Crippen molar-refractivity contribution in [1.29, 1.82) is 0 Å². The predicted octanol–water partition coefficient (Wildman–Crippen LogP) is 4.39. The van der Waals surface area contributed by atoms with Crippen LogP contribution in [0.1, 0.15) is 41.8 Å². The fourth-order valence-electron chi connectivity index (χ4n) is 2.09. The average molecular weight is 411 g/mol. The lowest BCUT2D eigenvalue weighted by Crippen LogP contribution is -2.09. The van der Waals surface area contributed by atoms with Gasteiger partial charge in [-0.15, -0.1) is 0 Å². The first kappa shape index (κ1) is 16.7. The van der Waals surface area contributed by atoms with Gasteiger partial charge in [-0.05, 0) is 52.8 Å². The number of hydrogen-bond donors (Lipinski definition) is 0. The number of esters is 1. The molecule has 5 heteroatoms. The van der Waals surface area contributed by atoms with Gasteiger partial charge in [0.1, 0.15) is 6.10 Å². The first-order chi connectivity index (χ1) is 10.6. The predicted molar refractivity (Wildman–Crippen MR) is 93.0 cm³/mol. The van der Waals surface area contributed by atoms with E-state index in [0.29, 0.717) is 11.4 Å². The van der Waals surface area contributed by atoms with Crippen LogP contribution in [0, 0.1) is 3.57 Å². The molecule has 22 heavy (non-hydrogen) atoms. The van der Waals surface area contributed by atoms with Crippen molar-refractivity contribution in [3.8, 4) is 5.88 Å². The first-order valence-corrected chi connectivity index (χ1v) is 8.18. The Morgan fingerprint density at radius 3 is 2.50 bits per heavy atom. The highest BCUT2D eigenvalue weighted by Gasteiger charge is 2.14. The van der Waals surface area contributed by atoms with Crippen LogP contribution in [0.4, 0.5) is 0 Å². The minimum Gasteiger partial charge on any atom is -0.469 e. The van der Waals surface area contributed by atoms with Gasteiger partial charge >= 0.3 is 5.97 Å². The Hall–Kier alpha value is -1.63. The van der Waals surface area contributed by atoms with Crippen molar-refractivity contribution < 1.29 is 14.3 Å². The van der Waals surface area contributed by atoms with Crippen molar-refractivity contribution in [2.24, 2.45) is 0 Å². The van der Waals surface area contributed by atoms with Crippen LogP contribution in [-0.4, -0.2) is 18.1 Å². The lowest BCUT2D eigenvalue weighted by Gasteiger charge is -2.18. The highest BCUT2D eigenvalue weighted by molar-refractivity contribution is 14.1. The number of pyridine rings is 1. The van der Waals surface area contributed by atoms with Crippen LogP contribution in [0.5, 0.6) is 5.88 Å². The highest BCUT2D eigenvalue weighted by atomic mass is 127. The van der Waals surface area contributed by atoms with Crippen molar-refractivity contribution in [3.63, 3.8) is 0 Å². The summed E-state index contributed by atoms with van der Waals surface area (Å²) < 4.78 is 11.8. The maximum Gasteiger partial charge on any atom is 0.337 e. The summed E-state index contributed by atoms with van der Waals surface area (Å²) in [6.07, 6.45) is 3.57. The molecule has 0 saturated carbocycles. The third kappa shape index (κ3) is 4.43. The minimum atomic E-state index is -0.334. The summed E-state index contributed by atoms with van der Waals surface area (Å²) in [7, 11) is 1.38. The SMILES string of the molecule is CCC[C@H](Oc1ccc(I)cn1)c1ccc(C(=O)OC)cc1. The summed E-state index contributed by atoms with van der Waals surface area (Å²) in [5.41, 5.74) is 1.56. The molecule has 0 radical (unpaired) electrons. The van der Waals surface area contributed by atoms with Crippen LogP contribution in [0.2, 0.25) is 0 Å². The molecule has 0 N–H and O–H groups in total. The van der Waals surface area contributed by atoms with Gasteiger partial charge in [-0.25, -0.2) is 9.78 Å². The number of methoxy groups -OCH3 is 1. The molecule has 1 atom stereocenters. The molecule has 1 aromatic carbocycles. The monoisotopic (exact) mass is 411 g/mol. The molecule has 0 unspecified atom stereocenters. The van der Waals surface area contributed by atoms with Gasteiger partial charge in [0, 0.05) is 15.8 Å². The largest absolute Gasteiger partial charge is 0.469 e. The molecule has 0 aliphatic heterocycles. The second-order valence-electron chi connectivity index (χ2n) is 4.82. The van der Waals surface area contributed by atoms with Gasteiger partial charge in [0.25, 0.3) is 0 Å². The molecular formula is C17H18INO3. The standard InChI is InChI=1S/C17H18INO3/c1-3-4-15(22-16-10-9-14(18)11-19-16)12-5-7-13(8-6-12)17(20)21-2/h5-11,15H,3-4H2,1-2H3/t15-/m0/s1.